The van der Waals surface area contributed by atoms with Crippen molar-refractivity contribution in [3.63, 3.8) is 0 Å². The molecular formula is C27H32ClN3O5S2. The van der Waals surface area contributed by atoms with Gasteiger partial charge in [-0.3, -0.25) is 4.79 Å². The van der Waals surface area contributed by atoms with Crippen LogP contribution >= 0.6 is 11.6 Å². The average Bonchev–Trinajstić information content (AvgIpc) is 2.82. The third-order valence-corrected chi connectivity index (χ3v) is 9.69. The van der Waals surface area contributed by atoms with Gasteiger partial charge in [-0.15, -0.1) is 0 Å². The lowest BCUT2D eigenvalue weighted by Crippen LogP contribution is -2.42. The summed E-state index contributed by atoms with van der Waals surface area (Å²) in [6, 6.07) is 16.7. The summed E-state index contributed by atoms with van der Waals surface area (Å²) in [7, 11) is -7.78. The Morgan fingerprint density at radius 2 is 1.39 bits per heavy atom. The minimum Gasteiger partial charge on any atom is -0.354 e. The SMILES string of the molecule is Cc1ccc(S(=O)(=O)NCCNC(=O)CN(Cc2ccc(Cl)cc2)S(=O)(=O)c2c(C)cc(C)cc2C)cc1. The lowest BCUT2D eigenvalue weighted by atomic mass is 10.1. The zero-order chi connectivity index (χ0) is 28.1. The normalized spacial score (nSPS) is 12.1. The van der Waals surface area contributed by atoms with Gasteiger partial charge >= 0.3 is 0 Å². The van der Waals surface area contributed by atoms with E-state index in [1.807, 2.05) is 13.8 Å². The Bertz CT molecular complexity index is 1480. The van der Waals surface area contributed by atoms with Crippen LogP contribution in [-0.4, -0.2) is 46.7 Å². The van der Waals surface area contributed by atoms with Crippen LogP contribution in [0.2, 0.25) is 5.02 Å². The molecule has 204 valence electrons. The summed E-state index contributed by atoms with van der Waals surface area (Å²) in [5.74, 6) is -0.556. The number of halogens is 1. The third kappa shape index (κ3) is 7.64. The van der Waals surface area contributed by atoms with Crippen LogP contribution in [0.3, 0.4) is 0 Å². The summed E-state index contributed by atoms with van der Waals surface area (Å²) < 4.78 is 56.0. The molecule has 0 fully saturated rings. The lowest BCUT2D eigenvalue weighted by Gasteiger charge is -2.24. The smallest absolute Gasteiger partial charge is 0.244 e. The first-order chi connectivity index (χ1) is 17.8. The predicted molar refractivity (Wildman–Crippen MR) is 149 cm³/mol. The maximum absolute atomic E-state index is 13.8. The van der Waals surface area contributed by atoms with Gasteiger partial charge in [0, 0.05) is 24.7 Å². The maximum atomic E-state index is 13.8. The molecule has 1 amide bonds. The zero-order valence-corrected chi connectivity index (χ0v) is 24.2. The van der Waals surface area contributed by atoms with Gasteiger partial charge in [-0.05, 0) is 68.7 Å². The topological polar surface area (TPSA) is 113 Å². The van der Waals surface area contributed by atoms with Crippen LogP contribution in [0.25, 0.3) is 0 Å². The van der Waals surface area contributed by atoms with Crippen molar-refractivity contribution in [3.05, 3.63) is 93.5 Å². The van der Waals surface area contributed by atoms with Crippen molar-refractivity contribution >= 4 is 37.6 Å². The van der Waals surface area contributed by atoms with Gasteiger partial charge in [0.1, 0.15) is 0 Å². The Morgan fingerprint density at radius 1 is 0.816 bits per heavy atom. The van der Waals surface area contributed by atoms with Crippen molar-refractivity contribution in [2.45, 2.75) is 44.0 Å². The molecule has 3 aromatic rings. The molecule has 0 unspecified atom stereocenters. The van der Waals surface area contributed by atoms with Gasteiger partial charge in [0.2, 0.25) is 26.0 Å². The molecule has 0 aliphatic carbocycles. The van der Waals surface area contributed by atoms with Crippen molar-refractivity contribution in [3.8, 4) is 0 Å². The molecule has 0 saturated heterocycles. The van der Waals surface area contributed by atoms with Crippen LogP contribution in [0, 0.1) is 27.7 Å². The fourth-order valence-electron chi connectivity index (χ4n) is 4.13. The Kier molecular flexibility index (Phi) is 9.72. The Balaban J connectivity index is 1.73. The Hall–Kier alpha value is -2.76. The molecule has 8 nitrogen and oxygen atoms in total. The number of amides is 1. The van der Waals surface area contributed by atoms with Gasteiger partial charge in [-0.2, -0.15) is 4.31 Å². The van der Waals surface area contributed by atoms with Gasteiger partial charge in [0.25, 0.3) is 0 Å². The molecule has 0 aliphatic heterocycles. The molecule has 2 N–H and O–H groups in total. The quantitative estimate of drug-likeness (QED) is 0.336. The minimum absolute atomic E-state index is 0.0126. The molecule has 0 heterocycles. The Morgan fingerprint density at radius 3 is 1.97 bits per heavy atom. The highest BCUT2D eigenvalue weighted by atomic mass is 35.5. The highest BCUT2D eigenvalue weighted by molar-refractivity contribution is 7.89. The van der Waals surface area contributed by atoms with Gasteiger partial charge in [-0.25, -0.2) is 21.6 Å². The Labute approximate surface area is 230 Å². The van der Waals surface area contributed by atoms with Crippen LogP contribution in [-0.2, 0) is 31.4 Å². The van der Waals surface area contributed by atoms with Crippen molar-refractivity contribution in [2.75, 3.05) is 19.6 Å². The first-order valence-electron chi connectivity index (χ1n) is 11.9. The van der Waals surface area contributed by atoms with E-state index in [4.69, 9.17) is 11.6 Å². The summed E-state index contributed by atoms with van der Waals surface area (Å²) in [4.78, 5) is 13.1. The van der Waals surface area contributed by atoms with E-state index in [2.05, 4.69) is 10.0 Å². The van der Waals surface area contributed by atoms with Gasteiger partial charge in [0.05, 0.1) is 16.3 Å². The molecule has 0 radical (unpaired) electrons. The lowest BCUT2D eigenvalue weighted by molar-refractivity contribution is -0.121. The van der Waals surface area contributed by atoms with Crippen LogP contribution in [0.4, 0.5) is 0 Å². The number of sulfonamides is 2. The van der Waals surface area contributed by atoms with E-state index in [0.29, 0.717) is 21.7 Å². The van der Waals surface area contributed by atoms with Crippen LogP contribution < -0.4 is 10.0 Å². The van der Waals surface area contributed by atoms with Gasteiger partial charge < -0.3 is 5.32 Å². The second-order valence-electron chi connectivity index (χ2n) is 9.19. The molecule has 0 saturated carbocycles. The zero-order valence-electron chi connectivity index (χ0n) is 21.8. The van der Waals surface area contributed by atoms with E-state index >= 15 is 0 Å². The van der Waals surface area contributed by atoms with E-state index in [-0.39, 0.29) is 29.4 Å². The number of hydrogen-bond donors (Lipinski definition) is 2. The first kappa shape index (κ1) is 29.8. The number of hydrogen-bond acceptors (Lipinski definition) is 5. The molecule has 0 atom stereocenters. The van der Waals surface area contributed by atoms with E-state index in [1.165, 1.54) is 12.1 Å². The molecular weight excluding hydrogens is 546 g/mol. The van der Waals surface area contributed by atoms with E-state index < -0.39 is 32.5 Å². The minimum atomic E-state index is -4.05. The second kappa shape index (κ2) is 12.4. The standard InChI is InChI=1S/C27H32ClN3O5S2/c1-19-5-11-25(12-6-19)37(33,34)30-14-13-29-26(32)18-31(17-23-7-9-24(28)10-8-23)38(35,36)27-21(3)15-20(2)16-22(27)4/h5-12,15-16,30H,13-14,17-18H2,1-4H3,(H,29,32). The number of benzene rings is 3. The van der Waals surface area contributed by atoms with Crippen molar-refractivity contribution in [2.24, 2.45) is 0 Å². The van der Waals surface area contributed by atoms with Crippen LogP contribution in [0.1, 0.15) is 27.8 Å². The summed E-state index contributed by atoms with van der Waals surface area (Å²) in [6.07, 6.45) is 0. The summed E-state index contributed by atoms with van der Waals surface area (Å²) in [5, 5.41) is 3.12. The molecule has 0 spiro atoms. The van der Waals surface area contributed by atoms with E-state index in [0.717, 1.165) is 15.4 Å². The fourth-order valence-corrected chi connectivity index (χ4v) is 7.08. The number of nitrogens with zero attached hydrogens (tertiary/aromatic N) is 1. The number of carbonyl (C=O) groups is 1. The monoisotopic (exact) mass is 577 g/mol. The third-order valence-electron chi connectivity index (χ3n) is 5.87. The maximum Gasteiger partial charge on any atom is 0.244 e. The summed E-state index contributed by atoms with van der Waals surface area (Å²) >= 11 is 5.98. The summed E-state index contributed by atoms with van der Waals surface area (Å²) in [5.41, 5.74) is 3.72. The predicted octanol–water partition coefficient (Wildman–Crippen LogP) is 3.86. The van der Waals surface area contributed by atoms with Crippen molar-refractivity contribution < 1.29 is 21.6 Å². The highest BCUT2D eigenvalue weighted by Crippen LogP contribution is 2.26. The molecule has 3 rings (SSSR count). The molecule has 11 heteroatoms. The highest BCUT2D eigenvalue weighted by Gasteiger charge is 2.30. The largest absolute Gasteiger partial charge is 0.354 e. The van der Waals surface area contributed by atoms with Crippen LogP contribution in [0.5, 0.6) is 0 Å². The van der Waals surface area contributed by atoms with Gasteiger partial charge in [-0.1, -0.05) is 59.1 Å². The van der Waals surface area contributed by atoms with E-state index in [1.54, 1.807) is 62.4 Å². The molecule has 0 bridgehead atoms. The molecule has 0 aliphatic rings. The van der Waals surface area contributed by atoms with E-state index in [9.17, 15) is 21.6 Å². The van der Waals surface area contributed by atoms with Crippen molar-refractivity contribution in [1.82, 2.24) is 14.3 Å². The molecule has 0 aromatic heterocycles. The number of carbonyl (C=O) groups excluding carboxylic acids is 1. The van der Waals surface area contributed by atoms with Crippen molar-refractivity contribution in [1.29, 1.82) is 0 Å². The number of nitrogens with one attached hydrogen (secondary N) is 2. The van der Waals surface area contributed by atoms with Gasteiger partial charge in [0.15, 0.2) is 0 Å². The molecule has 3 aromatic carbocycles. The van der Waals surface area contributed by atoms with Crippen LogP contribution in [0.15, 0.2) is 70.5 Å². The second-order valence-corrected chi connectivity index (χ2v) is 13.3. The number of rotatable bonds is 11. The average molecular weight is 578 g/mol. The fraction of sp³-hybridized carbons (Fsp3) is 0.296. The number of aryl methyl sites for hydroxylation is 4. The summed E-state index contributed by atoms with van der Waals surface area (Å²) in [6.45, 7) is 6.66. The molecule has 38 heavy (non-hydrogen) atoms. The first-order valence-corrected chi connectivity index (χ1v) is 15.3.